The van der Waals surface area contributed by atoms with Gasteiger partial charge in [-0.15, -0.1) is 0 Å². The van der Waals surface area contributed by atoms with Gasteiger partial charge < -0.3 is 19.7 Å². The predicted molar refractivity (Wildman–Crippen MR) is 44.7 cm³/mol. The van der Waals surface area contributed by atoms with Gasteiger partial charge >= 0.3 is 0 Å². The second kappa shape index (κ2) is 5.48. The first-order chi connectivity index (χ1) is 5.66. The first kappa shape index (κ1) is 11.8. The van der Waals surface area contributed by atoms with Crippen LogP contribution < -0.4 is 0 Å². The maximum atomic E-state index is 9.40. The van der Waals surface area contributed by atoms with E-state index in [2.05, 4.69) is 0 Å². The average Bonchev–Trinajstić information content (AvgIpc) is 2.13. The summed E-state index contributed by atoms with van der Waals surface area (Å²) < 4.78 is 10.1. The zero-order chi connectivity index (χ0) is 9.61. The number of rotatable bonds is 6. The number of ether oxygens (including phenoxy) is 2. The summed E-state index contributed by atoms with van der Waals surface area (Å²) in [5.74, 6) is -1.05. The van der Waals surface area contributed by atoms with Crippen LogP contribution in [0.5, 0.6) is 0 Å². The summed E-state index contributed by atoms with van der Waals surface area (Å²) in [6, 6.07) is 0. The topological polar surface area (TPSA) is 58.9 Å². The first-order valence-electron chi connectivity index (χ1n) is 4.06. The zero-order valence-electron chi connectivity index (χ0n) is 7.91. The van der Waals surface area contributed by atoms with Crippen molar-refractivity contribution in [2.24, 2.45) is 0 Å². The quantitative estimate of drug-likeness (QED) is 0.567. The standard InChI is InChI=1S/C8H18O4/c1-4-5-8(11-2,12-3)7(10)6-9/h7,9-10H,4-6H2,1-3H3. The molecule has 0 saturated carbocycles. The van der Waals surface area contributed by atoms with Crippen LogP contribution in [0.25, 0.3) is 0 Å². The molecule has 4 heteroatoms. The molecule has 1 atom stereocenters. The molecule has 0 fully saturated rings. The average molecular weight is 178 g/mol. The highest BCUT2D eigenvalue weighted by molar-refractivity contribution is 4.77. The summed E-state index contributed by atoms with van der Waals surface area (Å²) >= 11 is 0. The molecular formula is C8H18O4. The van der Waals surface area contributed by atoms with Gasteiger partial charge in [0.15, 0.2) is 5.79 Å². The van der Waals surface area contributed by atoms with Gasteiger partial charge in [0, 0.05) is 20.6 Å². The number of aliphatic hydroxyl groups excluding tert-OH is 2. The van der Waals surface area contributed by atoms with Gasteiger partial charge in [0.05, 0.1) is 6.61 Å². The van der Waals surface area contributed by atoms with Crippen LogP contribution >= 0.6 is 0 Å². The van der Waals surface area contributed by atoms with Gasteiger partial charge in [-0.25, -0.2) is 0 Å². The van der Waals surface area contributed by atoms with Crippen molar-refractivity contribution < 1.29 is 19.7 Å². The van der Waals surface area contributed by atoms with Crippen molar-refractivity contribution in [2.45, 2.75) is 31.7 Å². The summed E-state index contributed by atoms with van der Waals surface area (Å²) in [4.78, 5) is 0. The molecule has 0 aliphatic rings. The molecule has 12 heavy (non-hydrogen) atoms. The Hall–Kier alpha value is -0.160. The molecule has 0 heterocycles. The van der Waals surface area contributed by atoms with Gasteiger partial charge in [0.2, 0.25) is 0 Å². The van der Waals surface area contributed by atoms with Crippen LogP contribution in [0, 0.1) is 0 Å². The molecule has 0 rings (SSSR count). The van der Waals surface area contributed by atoms with Crippen LogP contribution in [0.15, 0.2) is 0 Å². The molecule has 74 valence electrons. The molecule has 0 aromatic carbocycles. The Morgan fingerprint density at radius 3 is 2.08 bits per heavy atom. The van der Waals surface area contributed by atoms with E-state index in [-0.39, 0.29) is 6.61 Å². The van der Waals surface area contributed by atoms with E-state index < -0.39 is 11.9 Å². The Bertz CT molecular complexity index is 112. The van der Waals surface area contributed by atoms with Crippen molar-refractivity contribution in [1.29, 1.82) is 0 Å². The van der Waals surface area contributed by atoms with Crippen LogP contribution in [-0.2, 0) is 9.47 Å². The van der Waals surface area contributed by atoms with E-state index in [1.54, 1.807) is 0 Å². The molecule has 0 saturated heterocycles. The number of methoxy groups -OCH3 is 2. The fraction of sp³-hybridized carbons (Fsp3) is 1.00. The third-order valence-corrected chi connectivity index (χ3v) is 1.97. The summed E-state index contributed by atoms with van der Waals surface area (Å²) in [7, 11) is 2.91. The lowest BCUT2D eigenvalue weighted by atomic mass is 10.1. The van der Waals surface area contributed by atoms with E-state index in [9.17, 15) is 5.11 Å². The molecular weight excluding hydrogens is 160 g/mol. The highest BCUT2D eigenvalue weighted by Gasteiger charge is 2.36. The summed E-state index contributed by atoms with van der Waals surface area (Å²) in [5, 5.41) is 18.1. The van der Waals surface area contributed by atoms with Gasteiger partial charge in [0.1, 0.15) is 6.10 Å². The predicted octanol–water partition coefficient (Wildman–Crippen LogP) is 0.129. The fourth-order valence-corrected chi connectivity index (χ4v) is 1.21. The van der Waals surface area contributed by atoms with Crippen molar-refractivity contribution in [1.82, 2.24) is 0 Å². The monoisotopic (exact) mass is 178 g/mol. The van der Waals surface area contributed by atoms with E-state index in [1.807, 2.05) is 6.92 Å². The Kier molecular flexibility index (Phi) is 5.41. The molecule has 0 aromatic rings. The van der Waals surface area contributed by atoms with Gasteiger partial charge in [0.25, 0.3) is 0 Å². The van der Waals surface area contributed by atoms with E-state index >= 15 is 0 Å². The molecule has 2 N–H and O–H groups in total. The molecule has 0 aliphatic carbocycles. The molecule has 0 radical (unpaired) electrons. The number of hydrogen-bond donors (Lipinski definition) is 2. The van der Waals surface area contributed by atoms with Crippen molar-refractivity contribution in [3.05, 3.63) is 0 Å². The van der Waals surface area contributed by atoms with Crippen LogP contribution in [-0.4, -0.2) is 42.9 Å². The molecule has 1 unspecified atom stereocenters. The highest BCUT2D eigenvalue weighted by atomic mass is 16.7. The lowest BCUT2D eigenvalue weighted by molar-refractivity contribution is -0.268. The fourth-order valence-electron chi connectivity index (χ4n) is 1.21. The lowest BCUT2D eigenvalue weighted by Gasteiger charge is -2.34. The first-order valence-corrected chi connectivity index (χ1v) is 4.06. The van der Waals surface area contributed by atoms with Gasteiger partial charge in [-0.05, 0) is 0 Å². The minimum Gasteiger partial charge on any atom is -0.393 e. The third kappa shape index (κ3) is 2.42. The smallest absolute Gasteiger partial charge is 0.196 e. The molecule has 0 bridgehead atoms. The highest BCUT2D eigenvalue weighted by Crippen LogP contribution is 2.22. The Morgan fingerprint density at radius 2 is 1.83 bits per heavy atom. The van der Waals surface area contributed by atoms with Crippen LogP contribution in [0.3, 0.4) is 0 Å². The van der Waals surface area contributed by atoms with Crippen molar-refractivity contribution in [3.63, 3.8) is 0 Å². The van der Waals surface area contributed by atoms with Crippen LogP contribution in [0.2, 0.25) is 0 Å². The van der Waals surface area contributed by atoms with Gasteiger partial charge in [-0.3, -0.25) is 0 Å². The molecule has 0 amide bonds. The van der Waals surface area contributed by atoms with Crippen molar-refractivity contribution in [2.75, 3.05) is 20.8 Å². The minimum atomic E-state index is -1.05. The Balaban J connectivity index is 4.33. The molecule has 0 aromatic heterocycles. The molecule has 0 spiro atoms. The van der Waals surface area contributed by atoms with E-state index in [4.69, 9.17) is 14.6 Å². The maximum absolute atomic E-state index is 9.40. The SMILES string of the molecule is CCCC(OC)(OC)C(O)CO. The minimum absolute atomic E-state index is 0.359. The van der Waals surface area contributed by atoms with E-state index in [1.165, 1.54) is 14.2 Å². The Morgan fingerprint density at radius 1 is 1.33 bits per heavy atom. The molecule has 4 nitrogen and oxygen atoms in total. The van der Waals surface area contributed by atoms with Crippen LogP contribution in [0.1, 0.15) is 19.8 Å². The number of hydrogen-bond acceptors (Lipinski definition) is 4. The van der Waals surface area contributed by atoms with Gasteiger partial charge in [-0.2, -0.15) is 0 Å². The lowest BCUT2D eigenvalue weighted by Crippen LogP contribution is -2.47. The number of aliphatic hydroxyl groups is 2. The Labute approximate surface area is 73.1 Å². The van der Waals surface area contributed by atoms with E-state index in [0.717, 1.165) is 6.42 Å². The zero-order valence-corrected chi connectivity index (χ0v) is 7.91. The second-order valence-electron chi connectivity index (χ2n) is 2.67. The van der Waals surface area contributed by atoms with E-state index in [0.29, 0.717) is 6.42 Å². The van der Waals surface area contributed by atoms with Gasteiger partial charge in [-0.1, -0.05) is 13.3 Å². The summed E-state index contributed by atoms with van der Waals surface area (Å²) in [6.07, 6.45) is 0.382. The van der Waals surface area contributed by atoms with Crippen LogP contribution in [0.4, 0.5) is 0 Å². The second-order valence-corrected chi connectivity index (χ2v) is 2.67. The van der Waals surface area contributed by atoms with Crippen molar-refractivity contribution >= 4 is 0 Å². The largest absolute Gasteiger partial charge is 0.393 e. The normalized spacial score (nSPS) is 14.8. The third-order valence-electron chi connectivity index (χ3n) is 1.97. The maximum Gasteiger partial charge on any atom is 0.196 e. The molecule has 0 aliphatic heterocycles. The summed E-state index contributed by atoms with van der Waals surface area (Å²) in [5.41, 5.74) is 0. The van der Waals surface area contributed by atoms with Crippen molar-refractivity contribution in [3.8, 4) is 0 Å². The summed E-state index contributed by atoms with van der Waals surface area (Å²) in [6.45, 7) is 1.60.